The van der Waals surface area contributed by atoms with Crippen LogP contribution in [0.15, 0.2) is 42.5 Å². The van der Waals surface area contributed by atoms with E-state index >= 15 is 0 Å². The van der Waals surface area contributed by atoms with Gasteiger partial charge in [0.05, 0.1) is 19.2 Å². The number of methoxy groups -OCH3 is 1. The smallest absolute Gasteiger partial charge is 0.337 e. The van der Waals surface area contributed by atoms with Crippen LogP contribution in [0.2, 0.25) is 0 Å². The van der Waals surface area contributed by atoms with Crippen molar-refractivity contribution in [3.8, 4) is 0 Å². The molecule has 0 N–H and O–H groups in total. The van der Waals surface area contributed by atoms with Gasteiger partial charge in [0, 0.05) is 35.8 Å². The highest BCUT2D eigenvalue weighted by atomic mass is 32.2. The molecule has 1 aliphatic heterocycles. The van der Waals surface area contributed by atoms with Crippen LogP contribution in [0.4, 0.5) is 19.3 Å². The Morgan fingerprint density at radius 3 is 2.54 bits per heavy atom. The molecule has 0 saturated carbocycles. The summed E-state index contributed by atoms with van der Waals surface area (Å²) in [4.78, 5) is 27.7. The predicted octanol–water partition coefficient (Wildman–Crippen LogP) is 3.93. The third-order valence-corrected chi connectivity index (χ3v) is 5.38. The molecule has 1 saturated heterocycles. The lowest BCUT2D eigenvalue weighted by Crippen LogP contribution is -2.46. The molecule has 0 aromatic heterocycles. The number of rotatable bonds is 4. The van der Waals surface area contributed by atoms with Crippen molar-refractivity contribution in [1.29, 1.82) is 0 Å². The van der Waals surface area contributed by atoms with Gasteiger partial charge in [0.15, 0.2) is 0 Å². The lowest BCUT2D eigenvalue weighted by atomic mass is 10.1. The molecule has 1 aliphatic rings. The standard InChI is InChI=1S/C20H20F2N2O3S/c1-27-19(25)14-5-6-15(18(22)11-14)13-24(17-4-2-3-16(21)12-17)20(26)23-7-9-28-10-8-23/h2-6,11-12H,7-10,13H2,1H3. The van der Waals surface area contributed by atoms with Crippen LogP contribution in [0.3, 0.4) is 0 Å². The van der Waals surface area contributed by atoms with Gasteiger partial charge in [-0.3, -0.25) is 4.90 Å². The van der Waals surface area contributed by atoms with E-state index in [-0.39, 0.29) is 23.7 Å². The van der Waals surface area contributed by atoms with Crippen LogP contribution in [0.25, 0.3) is 0 Å². The number of amides is 2. The van der Waals surface area contributed by atoms with E-state index in [0.29, 0.717) is 18.8 Å². The van der Waals surface area contributed by atoms with Gasteiger partial charge in [0.2, 0.25) is 0 Å². The predicted molar refractivity (Wildman–Crippen MR) is 105 cm³/mol. The minimum Gasteiger partial charge on any atom is -0.465 e. The Balaban J connectivity index is 1.91. The zero-order valence-corrected chi connectivity index (χ0v) is 16.2. The number of carbonyl (C=O) groups is 2. The summed E-state index contributed by atoms with van der Waals surface area (Å²) in [6.45, 7) is 1.08. The van der Waals surface area contributed by atoms with E-state index in [9.17, 15) is 18.4 Å². The first kappa shape index (κ1) is 20.1. The third kappa shape index (κ3) is 4.62. The number of benzene rings is 2. The van der Waals surface area contributed by atoms with E-state index in [2.05, 4.69) is 4.74 Å². The molecule has 0 bridgehead atoms. The molecule has 0 aliphatic carbocycles. The van der Waals surface area contributed by atoms with Gasteiger partial charge < -0.3 is 9.64 Å². The largest absolute Gasteiger partial charge is 0.465 e. The Morgan fingerprint density at radius 1 is 1.14 bits per heavy atom. The lowest BCUT2D eigenvalue weighted by Gasteiger charge is -2.33. The fraction of sp³-hybridized carbons (Fsp3) is 0.300. The van der Waals surface area contributed by atoms with E-state index in [1.54, 1.807) is 22.7 Å². The van der Waals surface area contributed by atoms with Crippen LogP contribution in [0, 0.1) is 11.6 Å². The summed E-state index contributed by atoms with van der Waals surface area (Å²) in [5, 5.41) is 0. The van der Waals surface area contributed by atoms with E-state index in [0.717, 1.165) is 17.6 Å². The van der Waals surface area contributed by atoms with Crippen LogP contribution < -0.4 is 4.90 Å². The lowest BCUT2D eigenvalue weighted by molar-refractivity contribution is 0.0600. The molecule has 0 unspecified atom stereocenters. The van der Waals surface area contributed by atoms with Crippen LogP contribution >= 0.6 is 11.8 Å². The number of carbonyl (C=O) groups excluding carboxylic acids is 2. The van der Waals surface area contributed by atoms with Crippen LogP contribution in [0.5, 0.6) is 0 Å². The van der Waals surface area contributed by atoms with Gasteiger partial charge in [-0.1, -0.05) is 12.1 Å². The molecular weight excluding hydrogens is 386 g/mol. The monoisotopic (exact) mass is 406 g/mol. The van der Waals surface area contributed by atoms with Gasteiger partial charge in [-0.15, -0.1) is 0 Å². The van der Waals surface area contributed by atoms with Crippen molar-refractivity contribution in [3.05, 3.63) is 65.2 Å². The van der Waals surface area contributed by atoms with Crippen molar-refractivity contribution in [2.24, 2.45) is 0 Å². The highest BCUT2D eigenvalue weighted by Crippen LogP contribution is 2.23. The van der Waals surface area contributed by atoms with Crippen molar-refractivity contribution in [3.63, 3.8) is 0 Å². The molecule has 0 spiro atoms. The Kier molecular flexibility index (Phi) is 6.51. The molecule has 1 fully saturated rings. The zero-order valence-electron chi connectivity index (χ0n) is 15.4. The highest BCUT2D eigenvalue weighted by Gasteiger charge is 2.25. The van der Waals surface area contributed by atoms with Crippen LogP contribution in [-0.2, 0) is 11.3 Å². The second-order valence-electron chi connectivity index (χ2n) is 6.25. The summed E-state index contributed by atoms with van der Waals surface area (Å²) in [7, 11) is 1.22. The normalized spacial score (nSPS) is 13.9. The van der Waals surface area contributed by atoms with E-state index in [1.165, 1.54) is 42.3 Å². The second kappa shape index (κ2) is 9.05. The van der Waals surface area contributed by atoms with Gasteiger partial charge in [-0.2, -0.15) is 11.8 Å². The number of urea groups is 1. The number of ether oxygens (including phenoxy) is 1. The minimum absolute atomic E-state index is 0.0837. The third-order valence-electron chi connectivity index (χ3n) is 4.44. The fourth-order valence-corrected chi connectivity index (χ4v) is 3.83. The molecule has 2 amide bonds. The molecule has 2 aromatic carbocycles. The van der Waals surface area contributed by atoms with Crippen molar-refractivity contribution >= 4 is 29.4 Å². The van der Waals surface area contributed by atoms with E-state index in [1.807, 2.05) is 0 Å². The number of thioether (sulfide) groups is 1. The Morgan fingerprint density at radius 2 is 1.89 bits per heavy atom. The maximum absolute atomic E-state index is 14.6. The van der Waals surface area contributed by atoms with E-state index in [4.69, 9.17) is 0 Å². The van der Waals surface area contributed by atoms with E-state index < -0.39 is 17.6 Å². The maximum atomic E-state index is 14.6. The number of halogens is 2. The number of hydrogen-bond acceptors (Lipinski definition) is 4. The summed E-state index contributed by atoms with van der Waals surface area (Å²) in [6, 6.07) is 9.30. The Hall–Kier alpha value is -2.61. The molecular formula is C20H20F2N2O3S. The Labute approximate surface area is 166 Å². The minimum atomic E-state index is -0.644. The van der Waals surface area contributed by atoms with Gasteiger partial charge in [0.1, 0.15) is 11.6 Å². The van der Waals surface area contributed by atoms with Crippen molar-refractivity contribution in [2.45, 2.75) is 6.54 Å². The Bertz CT molecular complexity index is 872. The molecule has 28 heavy (non-hydrogen) atoms. The number of anilines is 1. The molecule has 0 atom stereocenters. The number of nitrogens with zero attached hydrogens (tertiary/aromatic N) is 2. The quantitative estimate of drug-likeness (QED) is 0.722. The van der Waals surface area contributed by atoms with Gasteiger partial charge >= 0.3 is 12.0 Å². The molecule has 1 heterocycles. The number of esters is 1. The molecule has 0 radical (unpaired) electrons. The summed E-state index contributed by atoms with van der Waals surface area (Å²) in [5.41, 5.74) is 0.650. The van der Waals surface area contributed by atoms with Gasteiger partial charge in [0.25, 0.3) is 0 Å². The van der Waals surface area contributed by atoms with Crippen LogP contribution in [0.1, 0.15) is 15.9 Å². The van der Waals surface area contributed by atoms with Gasteiger partial charge in [-0.25, -0.2) is 18.4 Å². The topological polar surface area (TPSA) is 49.9 Å². The molecule has 8 heteroatoms. The first-order chi connectivity index (χ1) is 13.5. The van der Waals surface area contributed by atoms with Crippen LogP contribution in [-0.4, -0.2) is 48.6 Å². The van der Waals surface area contributed by atoms with Crippen molar-refractivity contribution < 1.29 is 23.1 Å². The van der Waals surface area contributed by atoms with Crippen molar-refractivity contribution in [2.75, 3.05) is 36.6 Å². The maximum Gasteiger partial charge on any atom is 0.337 e. The fourth-order valence-electron chi connectivity index (χ4n) is 2.93. The summed E-state index contributed by atoms with van der Waals surface area (Å²) >= 11 is 1.76. The molecule has 3 rings (SSSR count). The number of hydrogen-bond donors (Lipinski definition) is 0. The molecule has 5 nitrogen and oxygen atoms in total. The highest BCUT2D eigenvalue weighted by molar-refractivity contribution is 7.99. The average Bonchev–Trinajstić information content (AvgIpc) is 2.72. The SMILES string of the molecule is COC(=O)c1ccc(CN(C(=O)N2CCSCC2)c2cccc(F)c2)c(F)c1. The summed E-state index contributed by atoms with van der Waals surface area (Å²) in [6.07, 6.45) is 0. The second-order valence-corrected chi connectivity index (χ2v) is 7.47. The molecule has 148 valence electrons. The first-order valence-electron chi connectivity index (χ1n) is 8.76. The average molecular weight is 406 g/mol. The summed E-state index contributed by atoms with van der Waals surface area (Å²) in [5.74, 6) is -0.109. The first-order valence-corrected chi connectivity index (χ1v) is 9.91. The zero-order chi connectivity index (χ0) is 20.1. The summed E-state index contributed by atoms with van der Waals surface area (Å²) < 4.78 is 32.9. The van der Waals surface area contributed by atoms with Crippen molar-refractivity contribution in [1.82, 2.24) is 4.90 Å². The van der Waals surface area contributed by atoms with Gasteiger partial charge in [-0.05, 0) is 30.3 Å². The molecule has 2 aromatic rings.